The molecule has 0 saturated carbocycles. The van der Waals surface area contributed by atoms with Gasteiger partial charge in [-0.1, -0.05) is 12.8 Å². The molecule has 0 spiro atoms. The summed E-state index contributed by atoms with van der Waals surface area (Å²) in [6.45, 7) is 0.703. The average molecular weight is 307 g/mol. The highest BCUT2D eigenvalue weighted by Crippen LogP contribution is 2.25. The fraction of sp³-hybridized carbons (Fsp3) is 0.538. The van der Waals surface area contributed by atoms with Gasteiger partial charge >= 0.3 is 0 Å². The number of aliphatic hydroxyl groups excluding tert-OH is 1. The Balaban J connectivity index is 1.89. The summed E-state index contributed by atoms with van der Waals surface area (Å²) in [6, 6.07) is 1.74. The van der Waals surface area contributed by atoms with E-state index in [1.165, 1.54) is 22.3 Å². The molecule has 1 unspecified atom stereocenters. The van der Waals surface area contributed by atoms with Gasteiger partial charge in [0.15, 0.2) is 0 Å². The lowest BCUT2D eigenvalue weighted by Gasteiger charge is -2.28. The maximum absolute atomic E-state index is 12.8. The smallest absolute Gasteiger partial charge is 0.266 e. The van der Waals surface area contributed by atoms with Crippen molar-refractivity contribution in [2.75, 3.05) is 13.2 Å². The van der Waals surface area contributed by atoms with E-state index in [2.05, 4.69) is 15.5 Å². The highest BCUT2D eigenvalue weighted by molar-refractivity contribution is 7.12. The zero-order chi connectivity index (χ0) is 14.7. The first-order valence-corrected chi connectivity index (χ1v) is 7.92. The zero-order valence-electron chi connectivity index (χ0n) is 11.6. The van der Waals surface area contributed by atoms with Crippen molar-refractivity contribution in [3.05, 3.63) is 22.7 Å². The van der Waals surface area contributed by atoms with Gasteiger partial charge in [-0.25, -0.2) is 0 Å². The summed E-state index contributed by atoms with van der Waals surface area (Å²) in [4.78, 5) is 15.3. The lowest BCUT2D eigenvalue weighted by molar-refractivity contribution is 0.0604. The molecule has 1 fully saturated rings. The number of hydrogen-bond acceptors (Lipinski definition) is 6. The third-order valence-electron chi connectivity index (χ3n) is 3.78. The maximum atomic E-state index is 12.8. The molecule has 1 amide bonds. The second kappa shape index (κ2) is 6.31. The molecule has 0 bridgehead atoms. The number of amides is 1. The van der Waals surface area contributed by atoms with Crippen molar-refractivity contribution < 1.29 is 9.90 Å². The number of hydrogen-bond donors (Lipinski definition) is 1. The Morgan fingerprint density at radius 1 is 1.43 bits per heavy atom. The molecule has 2 aromatic heterocycles. The number of aromatic nitrogens is 4. The number of carbonyl (C=O) groups excluding carboxylic acids is 1. The van der Waals surface area contributed by atoms with E-state index >= 15 is 0 Å². The third kappa shape index (κ3) is 2.81. The number of rotatable bonds is 3. The summed E-state index contributed by atoms with van der Waals surface area (Å²) in [7, 11) is 0. The molecule has 0 aliphatic carbocycles. The summed E-state index contributed by atoms with van der Waals surface area (Å²) in [5.74, 6) is -0.0450. The van der Waals surface area contributed by atoms with Crippen LogP contribution in [0.15, 0.2) is 17.8 Å². The van der Waals surface area contributed by atoms with Crippen LogP contribution in [0.25, 0.3) is 5.69 Å². The molecule has 112 valence electrons. The van der Waals surface area contributed by atoms with E-state index < -0.39 is 0 Å². The highest BCUT2D eigenvalue weighted by Gasteiger charge is 2.28. The first kappa shape index (κ1) is 14.2. The van der Waals surface area contributed by atoms with Crippen molar-refractivity contribution in [1.82, 2.24) is 25.1 Å². The van der Waals surface area contributed by atoms with Gasteiger partial charge in [0.2, 0.25) is 0 Å². The Kier molecular flexibility index (Phi) is 4.26. The van der Waals surface area contributed by atoms with Crippen LogP contribution in [0.5, 0.6) is 0 Å². The number of thiophene rings is 1. The fourth-order valence-corrected chi connectivity index (χ4v) is 3.51. The average Bonchev–Trinajstić information content (AvgIpc) is 3.12. The van der Waals surface area contributed by atoms with Crippen LogP contribution in [0.3, 0.4) is 0 Å². The van der Waals surface area contributed by atoms with Crippen molar-refractivity contribution in [3.63, 3.8) is 0 Å². The Bertz CT molecular complexity index is 597. The SMILES string of the molecule is O=C(c1sccc1-n1cnnn1)N1CCCCCC1CO. The number of tetrazole rings is 1. The van der Waals surface area contributed by atoms with Crippen LogP contribution < -0.4 is 0 Å². The molecule has 21 heavy (non-hydrogen) atoms. The van der Waals surface area contributed by atoms with Gasteiger partial charge in [-0.15, -0.1) is 16.4 Å². The van der Waals surface area contributed by atoms with Crippen LogP contribution in [-0.2, 0) is 0 Å². The Hall–Kier alpha value is -1.80. The second-order valence-corrected chi connectivity index (χ2v) is 5.99. The van der Waals surface area contributed by atoms with Gasteiger partial charge in [0.1, 0.15) is 11.2 Å². The molecule has 1 aliphatic rings. The first-order valence-electron chi connectivity index (χ1n) is 7.04. The van der Waals surface area contributed by atoms with Crippen LogP contribution >= 0.6 is 11.3 Å². The molecule has 0 radical (unpaired) electrons. The van der Waals surface area contributed by atoms with Crippen LogP contribution in [-0.4, -0.2) is 55.3 Å². The normalized spacial score (nSPS) is 19.5. The van der Waals surface area contributed by atoms with Gasteiger partial charge in [0, 0.05) is 6.54 Å². The lowest BCUT2D eigenvalue weighted by Crippen LogP contribution is -2.42. The van der Waals surface area contributed by atoms with Crippen molar-refractivity contribution in [2.45, 2.75) is 31.7 Å². The van der Waals surface area contributed by atoms with Crippen molar-refractivity contribution in [1.29, 1.82) is 0 Å². The molecule has 1 N–H and O–H groups in total. The molecular weight excluding hydrogens is 290 g/mol. The van der Waals surface area contributed by atoms with Gasteiger partial charge < -0.3 is 10.0 Å². The number of aliphatic hydroxyl groups is 1. The maximum Gasteiger partial charge on any atom is 0.266 e. The first-order chi connectivity index (χ1) is 10.3. The van der Waals surface area contributed by atoms with Crippen LogP contribution in [0, 0.1) is 0 Å². The topological polar surface area (TPSA) is 84.1 Å². The predicted octanol–water partition coefficient (Wildman–Crippen LogP) is 1.10. The Labute approximate surface area is 126 Å². The molecule has 3 rings (SSSR count). The summed E-state index contributed by atoms with van der Waals surface area (Å²) in [5.41, 5.74) is 0.691. The van der Waals surface area contributed by atoms with Gasteiger partial charge in [-0.3, -0.25) is 4.79 Å². The van der Waals surface area contributed by atoms with Crippen LogP contribution in [0.4, 0.5) is 0 Å². The minimum atomic E-state index is -0.0937. The quantitative estimate of drug-likeness (QED) is 0.918. The van der Waals surface area contributed by atoms with E-state index in [4.69, 9.17) is 0 Å². The Morgan fingerprint density at radius 2 is 2.33 bits per heavy atom. The largest absolute Gasteiger partial charge is 0.394 e. The van der Waals surface area contributed by atoms with Crippen LogP contribution in [0.2, 0.25) is 0 Å². The van der Waals surface area contributed by atoms with E-state index in [0.29, 0.717) is 17.1 Å². The van der Waals surface area contributed by atoms with Gasteiger partial charge in [0.05, 0.1) is 18.3 Å². The summed E-state index contributed by atoms with van der Waals surface area (Å²) in [5, 5.41) is 22.5. The van der Waals surface area contributed by atoms with Gasteiger partial charge in [-0.2, -0.15) is 4.68 Å². The van der Waals surface area contributed by atoms with Crippen molar-refractivity contribution >= 4 is 17.2 Å². The van der Waals surface area contributed by atoms with E-state index in [9.17, 15) is 9.90 Å². The van der Waals surface area contributed by atoms with E-state index in [-0.39, 0.29) is 18.6 Å². The molecule has 1 saturated heterocycles. The predicted molar refractivity (Wildman–Crippen MR) is 77.4 cm³/mol. The minimum absolute atomic E-state index is 0.0112. The van der Waals surface area contributed by atoms with E-state index in [1.807, 2.05) is 11.4 Å². The molecule has 3 heterocycles. The molecule has 1 aliphatic heterocycles. The minimum Gasteiger partial charge on any atom is -0.394 e. The van der Waals surface area contributed by atoms with Gasteiger partial charge in [0.25, 0.3) is 5.91 Å². The standard InChI is InChI=1S/C13H17N5O2S/c19-8-10-4-2-1-3-6-17(10)13(20)12-11(5-7-21-12)18-9-14-15-16-18/h5,7,9-10,19H,1-4,6,8H2. The Morgan fingerprint density at radius 3 is 3.10 bits per heavy atom. The van der Waals surface area contributed by atoms with Crippen LogP contribution in [0.1, 0.15) is 35.4 Å². The van der Waals surface area contributed by atoms with Crippen molar-refractivity contribution in [2.24, 2.45) is 0 Å². The fourth-order valence-electron chi connectivity index (χ4n) is 2.68. The lowest BCUT2D eigenvalue weighted by atomic mass is 10.1. The van der Waals surface area contributed by atoms with Gasteiger partial charge in [-0.05, 0) is 34.7 Å². The highest BCUT2D eigenvalue weighted by atomic mass is 32.1. The molecule has 8 heteroatoms. The summed E-state index contributed by atoms with van der Waals surface area (Å²) >= 11 is 1.38. The monoisotopic (exact) mass is 307 g/mol. The number of carbonyl (C=O) groups is 1. The third-order valence-corrected chi connectivity index (χ3v) is 4.67. The zero-order valence-corrected chi connectivity index (χ0v) is 12.4. The molecule has 0 aromatic carbocycles. The summed E-state index contributed by atoms with van der Waals surface area (Å²) in [6.07, 6.45) is 5.47. The molecule has 7 nitrogen and oxygen atoms in total. The molecular formula is C13H17N5O2S. The summed E-state index contributed by atoms with van der Waals surface area (Å²) < 4.78 is 1.50. The van der Waals surface area contributed by atoms with Crippen molar-refractivity contribution in [3.8, 4) is 5.69 Å². The molecule has 1 atom stereocenters. The second-order valence-electron chi connectivity index (χ2n) is 5.07. The van der Waals surface area contributed by atoms with E-state index in [1.54, 1.807) is 4.90 Å². The number of likely N-dealkylation sites (tertiary alicyclic amines) is 1. The number of nitrogens with zero attached hydrogens (tertiary/aromatic N) is 5. The van der Waals surface area contributed by atoms with E-state index in [0.717, 1.165) is 25.7 Å². The molecule has 2 aromatic rings.